The minimum absolute atomic E-state index is 0.0916. The Kier molecular flexibility index (Phi) is 5.05. The van der Waals surface area contributed by atoms with Gasteiger partial charge in [0.15, 0.2) is 0 Å². The summed E-state index contributed by atoms with van der Waals surface area (Å²) in [6.45, 7) is 1.80. The third kappa shape index (κ3) is 4.02. The van der Waals surface area contributed by atoms with Crippen LogP contribution < -0.4 is 4.72 Å². The first-order valence-electron chi connectivity index (χ1n) is 4.84. The first-order valence-corrected chi connectivity index (χ1v) is 7.12. The number of sulfonamides is 1. The minimum atomic E-state index is -3.84. The second-order valence-electron chi connectivity index (χ2n) is 3.47. The lowest BCUT2D eigenvalue weighted by Crippen LogP contribution is -2.32. The summed E-state index contributed by atoms with van der Waals surface area (Å²) < 4.78 is 44.7. The van der Waals surface area contributed by atoms with Crippen LogP contribution in [0.2, 0.25) is 0 Å². The summed E-state index contributed by atoms with van der Waals surface area (Å²) in [4.78, 5) is -0.371. The molecule has 0 spiro atoms. The fraction of sp³-hybridized carbons (Fsp3) is 0.400. The maximum absolute atomic E-state index is 13.5. The summed E-state index contributed by atoms with van der Waals surface area (Å²) in [5.41, 5.74) is 0. The van der Waals surface area contributed by atoms with E-state index in [1.807, 2.05) is 0 Å². The molecule has 0 aliphatic rings. The smallest absolute Gasteiger partial charge is 0.243 e. The lowest BCUT2D eigenvalue weighted by atomic mass is 10.3. The summed E-state index contributed by atoms with van der Waals surface area (Å²) in [5.74, 6) is -0.794. The van der Waals surface area contributed by atoms with Gasteiger partial charge in [0.05, 0.1) is 6.10 Å². The number of rotatable bonds is 5. The Morgan fingerprint density at radius 3 is 2.71 bits per heavy atom. The van der Waals surface area contributed by atoms with Crippen molar-refractivity contribution >= 4 is 26.0 Å². The molecule has 1 atom stereocenters. The van der Waals surface area contributed by atoms with E-state index < -0.39 is 15.8 Å². The van der Waals surface area contributed by atoms with Crippen LogP contribution in [0.1, 0.15) is 6.92 Å². The van der Waals surface area contributed by atoms with Crippen molar-refractivity contribution in [3.05, 3.63) is 28.5 Å². The number of hydrogen-bond donors (Lipinski definition) is 1. The topological polar surface area (TPSA) is 55.4 Å². The van der Waals surface area contributed by atoms with Gasteiger partial charge < -0.3 is 4.74 Å². The monoisotopic (exact) mass is 325 g/mol. The molecule has 96 valence electrons. The molecule has 0 radical (unpaired) electrons. The van der Waals surface area contributed by atoms with E-state index in [2.05, 4.69) is 20.7 Å². The van der Waals surface area contributed by atoms with Crippen LogP contribution in [0.15, 0.2) is 27.6 Å². The molecule has 0 saturated heterocycles. The Morgan fingerprint density at radius 2 is 2.18 bits per heavy atom. The number of halogens is 2. The lowest BCUT2D eigenvalue weighted by molar-refractivity contribution is 0.122. The zero-order chi connectivity index (χ0) is 13.1. The average Bonchev–Trinajstić information content (AvgIpc) is 2.25. The first-order chi connectivity index (χ1) is 7.86. The van der Waals surface area contributed by atoms with Gasteiger partial charge in [0.1, 0.15) is 10.7 Å². The summed E-state index contributed by atoms with van der Waals surface area (Å²) >= 11 is 3.06. The fourth-order valence-corrected chi connectivity index (χ4v) is 2.59. The molecule has 1 rings (SSSR count). The van der Waals surface area contributed by atoms with Gasteiger partial charge in [0, 0.05) is 18.1 Å². The van der Waals surface area contributed by atoms with E-state index in [0.29, 0.717) is 4.47 Å². The third-order valence-electron chi connectivity index (χ3n) is 2.15. The van der Waals surface area contributed by atoms with Gasteiger partial charge in [0.2, 0.25) is 10.0 Å². The molecule has 7 heteroatoms. The number of benzene rings is 1. The van der Waals surface area contributed by atoms with Crippen LogP contribution in [0.3, 0.4) is 0 Å². The number of ether oxygens (including phenoxy) is 1. The van der Waals surface area contributed by atoms with Crippen LogP contribution >= 0.6 is 15.9 Å². The molecule has 0 aliphatic heterocycles. The molecule has 0 bridgehead atoms. The summed E-state index contributed by atoms with van der Waals surface area (Å²) in [5, 5.41) is 0. The van der Waals surface area contributed by atoms with E-state index >= 15 is 0 Å². The molecule has 0 aliphatic carbocycles. The molecule has 0 aromatic heterocycles. The Bertz CT molecular complexity index is 492. The van der Waals surface area contributed by atoms with Crippen molar-refractivity contribution in [3.8, 4) is 0 Å². The van der Waals surface area contributed by atoms with E-state index in [-0.39, 0.29) is 17.5 Å². The van der Waals surface area contributed by atoms with Crippen molar-refractivity contribution in [1.82, 2.24) is 4.72 Å². The second kappa shape index (κ2) is 5.90. The Balaban J connectivity index is 2.90. The highest BCUT2D eigenvalue weighted by Gasteiger charge is 2.19. The molecule has 4 nitrogen and oxygen atoms in total. The Hall–Kier alpha value is -0.500. The molecule has 0 amide bonds. The van der Waals surface area contributed by atoms with Gasteiger partial charge in [0.25, 0.3) is 0 Å². The molecule has 0 saturated carbocycles. The Labute approximate surface area is 108 Å². The van der Waals surface area contributed by atoms with Crippen molar-refractivity contribution in [2.45, 2.75) is 17.9 Å². The predicted octanol–water partition coefficient (Wildman–Crippen LogP) is 1.90. The van der Waals surface area contributed by atoms with Gasteiger partial charge >= 0.3 is 0 Å². The lowest BCUT2D eigenvalue weighted by Gasteiger charge is -2.11. The SMILES string of the molecule is COC(C)CNS(=O)(=O)c1ccc(Br)cc1F. The third-order valence-corrected chi connectivity index (χ3v) is 4.10. The molecule has 17 heavy (non-hydrogen) atoms. The second-order valence-corrected chi connectivity index (χ2v) is 6.12. The highest BCUT2D eigenvalue weighted by molar-refractivity contribution is 9.10. The van der Waals surface area contributed by atoms with Crippen LogP contribution in [-0.2, 0) is 14.8 Å². The van der Waals surface area contributed by atoms with E-state index in [9.17, 15) is 12.8 Å². The average molecular weight is 326 g/mol. The van der Waals surface area contributed by atoms with Gasteiger partial charge in [-0.3, -0.25) is 0 Å². The highest BCUT2D eigenvalue weighted by Crippen LogP contribution is 2.19. The maximum Gasteiger partial charge on any atom is 0.243 e. The van der Waals surface area contributed by atoms with Gasteiger partial charge in [-0.2, -0.15) is 0 Å². The maximum atomic E-state index is 13.5. The van der Waals surface area contributed by atoms with Crippen molar-refractivity contribution < 1.29 is 17.5 Å². The first kappa shape index (κ1) is 14.6. The normalized spacial score (nSPS) is 13.6. The Morgan fingerprint density at radius 1 is 1.53 bits per heavy atom. The summed E-state index contributed by atoms with van der Waals surface area (Å²) in [7, 11) is -2.37. The molecule has 0 fully saturated rings. The zero-order valence-electron chi connectivity index (χ0n) is 9.41. The van der Waals surface area contributed by atoms with Crippen molar-refractivity contribution in [2.24, 2.45) is 0 Å². The van der Waals surface area contributed by atoms with E-state index in [4.69, 9.17) is 4.74 Å². The van der Waals surface area contributed by atoms with Crippen molar-refractivity contribution in [1.29, 1.82) is 0 Å². The summed E-state index contributed by atoms with van der Waals surface area (Å²) in [6, 6.07) is 3.78. The van der Waals surface area contributed by atoms with Crippen LogP contribution in [0, 0.1) is 5.82 Å². The highest BCUT2D eigenvalue weighted by atomic mass is 79.9. The quantitative estimate of drug-likeness (QED) is 0.899. The molecule has 0 heterocycles. The van der Waals surface area contributed by atoms with Gasteiger partial charge in [-0.1, -0.05) is 15.9 Å². The van der Waals surface area contributed by atoms with Gasteiger partial charge in [-0.15, -0.1) is 0 Å². The molecule has 1 unspecified atom stereocenters. The van der Waals surface area contributed by atoms with Crippen molar-refractivity contribution in [3.63, 3.8) is 0 Å². The van der Waals surface area contributed by atoms with Crippen LogP contribution in [-0.4, -0.2) is 28.2 Å². The van der Waals surface area contributed by atoms with Gasteiger partial charge in [-0.05, 0) is 25.1 Å². The molecule has 1 aromatic rings. The van der Waals surface area contributed by atoms with Crippen LogP contribution in [0.25, 0.3) is 0 Å². The number of hydrogen-bond acceptors (Lipinski definition) is 3. The van der Waals surface area contributed by atoms with E-state index in [1.54, 1.807) is 6.92 Å². The van der Waals surface area contributed by atoms with Crippen molar-refractivity contribution in [2.75, 3.05) is 13.7 Å². The van der Waals surface area contributed by atoms with E-state index in [1.165, 1.54) is 19.2 Å². The molecular weight excluding hydrogens is 313 g/mol. The summed E-state index contributed by atoms with van der Waals surface area (Å²) in [6.07, 6.45) is -0.275. The van der Waals surface area contributed by atoms with E-state index in [0.717, 1.165) is 6.07 Å². The fourth-order valence-electron chi connectivity index (χ4n) is 1.08. The largest absolute Gasteiger partial charge is 0.380 e. The minimum Gasteiger partial charge on any atom is -0.380 e. The standard InChI is InChI=1S/C10H13BrFNO3S/c1-7(16-2)6-13-17(14,15)10-4-3-8(11)5-9(10)12/h3-5,7,13H,6H2,1-2H3. The number of nitrogens with one attached hydrogen (secondary N) is 1. The van der Waals surface area contributed by atoms with Gasteiger partial charge in [-0.25, -0.2) is 17.5 Å². The zero-order valence-corrected chi connectivity index (χ0v) is 11.8. The predicted molar refractivity (Wildman–Crippen MR) is 65.8 cm³/mol. The number of methoxy groups -OCH3 is 1. The molecule has 1 aromatic carbocycles. The molecule has 1 N–H and O–H groups in total. The molecular formula is C10H13BrFNO3S. The van der Waals surface area contributed by atoms with Crippen LogP contribution in [0.5, 0.6) is 0 Å². The van der Waals surface area contributed by atoms with Crippen LogP contribution in [0.4, 0.5) is 4.39 Å².